The van der Waals surface area contributed by atoms with Crippen LogP contribution in [0, 0.1) is 6.92 Å². The quantitative estimate of drug-likeness (QED) is 0.744. The zero-order chi connectivity index (χ0) is 12.5. The number of benzene rings is 2. The topological polar surface area (TPSA) is 43.8 Å². The first-order chi connectivity index (χ1) is 8.79. The van der Waals surface area contributed by atoms with Crippen molar-refractivity contribution in [3.05, 3.63) is 59.9 Å². The molecule has 0 atom stereocenters. The number of aromatic nitrogens is 2. The van der Waals surface area contributed by atoms with Gasteiger partial charge in [0.2, 0.25) is 0 Å². The molecule has 3 aromatic rings. The minimum absolute atomic E-state index is 0.524. The molecule has 0 amide bonds. The lowest BCUT2D eigenvalue weighted by Gasteiger charge is -2.06. The molecule has 3 nitrogen and oxygen atoms in total. The standard InChI is InChI=1S/C15H15N3/c1-11-13(9-16)10-18(17-11)15-8-4-6-12-5-2-3-7-14(12)15/h2-8,10H,9,16H2,1H3. The van der Waals surface area contributed by atoms with Gasteiger partial charge >= 0.3 is 0 Å². The molecule has 18 heavy (non-hydrogen) atoms. The van der Waals surface area contributed by atoms with Crippen LogP contribution in [-0.2, 0) is 6.54 Å². The maximum Gasteiger partial charge on any atom is 0.0724 e. The maximum absolute atomic E-state index is 5.70. The lowest BCUT2D eigenvalue weighted by molar-refractivity contribution is 0.869. The van der Waals surface area contributed by atoms with E-state index in [4.69, 9.17) is 5.73 Å². The Balaban J connectivity index is 2.24. The molecule has 0 aliphatic rings. The van der Waals surface area contributed by atoms with Gasteiger partial charge in [-0.3, -0.25) is 0 Å². The van der Waals surface area contributed by atoms with Crippen LogP contribution < -0.4 is 5.73 Å². The van der Waals surface area contributed by atoms with Gasteiger partial charge in [-0.15, -0.1) is 0 Å². The summed E-state index contributed by atoms with van der Waals surface area (Å²) in [5, 5.41) is 6.96. The predicted molar refractivity (Wildman–Crippen MR) is 73.7 cm³/mol. The lowest BCUT2D eigenvalue weighted by atomic mass is 10.1. The van der Waals surface area contributed by atoms with Gasteiger partial charge in [0.1, 0.15) is 0 Å². The van der Waals surface area contributed by atoms with Crippen LogP contribution in [0.2, 0.25) is 0 Å². The molecule has 1 aromatic heterocycles. The number of hydrogen-bond acceptors (Lipinski definition) is 2. The number of aryl methyl sites for hydroxylation is 1. The third-order valence-corrected chi connectivity index (χ3v) is 3.23. The van der Waals surface area contributed by atoms with Crippen molar-refractivity contribution in [3.8, 4) is 5.69 Å². The van der Waals surface area contributed by atoms with Crippen molar-refractivity contribution >= 4 is 10.8 Å². The molecule has 0 fully saturated rings. The van der Waals surface area contributed by atoms with Gasteiger partial charge in [-0.1, -0.05) is 36.4 Å². The van der Waals surface area contributed by atoms with Crippen LogP contribution in [0.25, 0.3) is 16.5 Å². The highest BCUT2D eigenvalue weighted by atomic mass is 15.3. The second-order valence-corrected chi connectivity index (χ2v) is 4.39. The molecule has 2 aromatic carbocycles. The fourth-order valence-corrected chi connectivity index (χ4v) is 2.23. The van der Waals surface area contributed by atoms with E-state index in [-0.39, 0.29) is 0 Å². The predicted octanol–water partition coefficient (Wildman–Crippen LogP) is 2.79. The van der Waals surface area contributed by atoms with E-state index >= 15 is 0 Å². The summed E-state index contributed by atoms with van der Waals surface area (Å²) >= 11 is 0. The lowest BCUT2D eigenvalue weighted by Crippen LogP contribution is -1.96. The molecule has 1 heterocycles. The van der Waals surface area contributed by atoms with Gasteiger partial charge in [0.15, 0.2) is 0 Å². The number of nitrogens with zero attached hydrogens (tertiary/aromatic N) is 2. The van der Waals surface area contributed by atoms with E-state index < -0.39 is 0 Å². The highest BCUT2D eigenvalue weighted by Crippen LogP contribution is 2.22. The smallest absolute Gasteiger partial charge is 0.0724 e. The zero-order valence-electron chi connectivity index (χ0n) is 10.3. The molecule has 0 aliphatic heterocycles. The third kappa shape index (κ3) is 1.69. The first-order valence-electron chi connectivity index (χ1n) is 6.03. The van der Waals surface area contributed by atoms with E-state index in [1.807, 2.05) is 29.9 Å². The van der Waals surface area contributed by atoms with Crippen molar-refractivity contribution in [1.29, 1.82) is 0 Å². The van der Waals surface area contributed by atoms with Crippen molar-refractivity contribution in [3.63, 3.8) is 0 Å². The van der Waals surface area contributed by atoms with Crippen LogP contribution in [0.15, 0.2) is 48.7 Å². The molecule has 0 unspecified atom stereocenters. The first-order valence-corrected chi connectivity index (χ1v) is 6.03. The Bertz CT molecular complexity index is 693. The normalized spacial score (nSPS) is 11.0. The molecule has 2 N–H and O–H groups in total. The average Bonchev–Trinajstić information content (AvgIpc) is 2.79. The third-order valence-electron chi connectivity index (χ3n) is 3.23. The number of nitrogens with two attached hydrogens (primary N) is 1. The Kier molecular flexibility index (Phi) is 2.61. The summed E-state index contributed by atoms with van der Waals surface area (Å²) in [4.78, 5) is 0. The molecule has 90 valence electrons. The van der Waals surface area contributed by atoms with Crippen LogP contribution in [0.1, 0.15) is 11.3 Å². The number of hydrogen-bond donors (Lipinski definition) is 1. The molecule has 0 radical (unpaired) electrons. The minimum Gasteiger partial charge on any atom is -0.326 e. The Hall–Kier alpha value is -2.13. The van der Waals surface area contributed by atoms with Gasteiger partial charge in [0.05, 0.1) is 11.4 Å². The van der Waals surface area contributed by atoms with E-state index in [2.05, 4.69) is 35.4 Å². The summed E-state index contributed by atoms with van der Waals surface area (Å²) in [6.07, 6.45) is 2.01. The van der Waals surface area contributed by atoms with Crippen LogP contribution >= 0.6 is 0 Å². The van der Waals surface area contributed by atoms with Crippen LogP contribution in [-0.4, -0.2) is 9.78 Å². The van der Waals surface area contributed by atoms with E-state index in [1.165, 1.54) is 10.8 Å². The molecular formula is C15H15N3. The molecule has 0 saturated heterocycles. The maximum atomic E-state index is 5.70. The van der Waals surface area contributed by atoms with Crippen molar-refractivity contribution in [2.24, 2.45) is 5.73 Å². The Labute approximate surface area is 106 Å². The van der Waals surface area contributed by atoms with E-state index in [1.54, 1.807) is 0 Å². The van der Waals surface area contributed by atoms with Crippen LogP contribution in [0.5, 0.6) is 0 Å². The molecule has 3 rings (SSSR count). The van der Waals surface area contributed by atoms with Gasteiger partial charge < -0.3 is 5.73 Å². The van der Waals surface area contributed by atoms with Gasteiger partial charge in [0.25, 0.3) is 0 Å². The molecular weight excluding hydrogens is 222 g/mol. The summed E-state index contributed by atoms with van der Waals surface area (Å²) in [5.74, 6) is 0. The SMILES string of the molecule is Cc1nn(-c2cccc3ccccc23)cc1CN. The van der Waals surface area contributed by atoms with Gasteiger partial charge in [-0.2, -0.15) is 5.10 Å². The highest BCUT2D eigenvalue weighted by molar-refractivity contribution is 5.89. The number of fused-ring (bicyclic) bond motifs is 1. The zero-order valence-corrected chi connectivity index (χ0v) is 10.3. The second-order valence-electron chi connectivity index (χ2n) is 4.39. The molecule has 3 heteroatoms. The minimum atomic E-state index is 0.524. The molecule has 0 saturated carbocycles. The largest absolute Gasteiger partial charge is 0.326 e. The van der Waals surface area contributed by atoms with Gasteiger partial charge in [-0.05, 0) is 18.4 Å². The summed E-state index contributed by atoms with van der Waals surface area (Å²) in [6.45, 7) is 2.51. The summed E-state index contributed by atoms with van der Waals surface area (Å²) in [5.41, 5.74) is 8.87. The summed E-state index contributed by atoms with van der Waals surface area (Å²) in [6, 6.07) is 14.6. The van der Waals surface area contributed by atoms with E-state index in [0.29, 0.717) is 6.54 Å². The Morgan fingerprint density at radius 2 is 1.89 bits per heavy atom. The Morgan fingerprint density at radius 1 is 1.11 bits per heavy atom. The van der Waals surface area contributed by atoms with Crippen molar-refractivity contribution in [1.82, 2.24) is 9.78 Å². The van der Waals surface area contributed by atoms with Gasteiger partial charge in [-0.25, -0.2) is 4.68 Å². The Morgan fingerprint density at radius 3 is 2.67 bits per heavy atom. The van der Waals surface area contributed by atoms with Crippen molar-refractivity contribution < 1.29 is 0 Å². The van der Waals surface area contributed by atoms with E-state index in [9.17, 15) is 0 Å². The fraction of sp³-hybridized carbons (Fsp3) is 0.133. The first kappa shape index (κ1) is 11.0. The monoisotopic (exact) mass is 237 g/mol. The number of rotatable bonds is 2. The fourth-order valence-electron chi connectivity index (χ4n) is 2.23. The van der Waals surface area contributed by atoms with Crippen LogP contribution in [0.4, 0.5) is 0 Å². The van der Waals surface area contributed by atoms with Crippen molar-refractivity contribution in [2.45, 2.75) is 13.5 Å². The molecule has 0 bridgehead atoms. The van der Waals surface area contributed by atoms with Crippen molar-refractivity contribution in [2.75, 3.05) is 0 Å². The van der Waals surface area contributed by atoms with Crippen LogP contribution in [0.3, 0.4) is 0 Å². The molecule has 0 aliphatic carbocycles. The summed E-state index contributed by atoms with van der Waals surface area (Å²) < 4.78 is 1.92. The molecule has 0 spiro atoms. The van der Waals surface area contributed by atoms with E-state index in [0.717, 1.165) is 16.9 Å². The average molecular weight is 237 g/mol. The van der Waals surface area contributed by atoms with Gasteiger partial charge in [0, 0.05) is 23.7 Å². The summed E-state index contributed by atoms with van der Waals surface area (Å²) in [7, 11) is 0. The second kappa shape index (κ2) is 4.27. The highest BCUT2D eigenvalue weighted by Gasteiger charge is 2.07.